The molecule has 4 nitrogen and oxygen atoms in total. The molecule has 0 saturated heterocycles. The summed E-state index contributed by atoms with van der Waals surface area (Å²) < 4.78 is 10.8. The third-order valence-corrected chi connectivity index (χ3v) is 2.67. The van der Waals surface area contributed by atoms with Crippen molar-refractivity contribution in [3.8, 4) is 0 Å². The summed E-state index contributed by atoms with van der Waals surface area (Å²) in [5, 5.41) is 12.2. The van der Waals surface area contributed by atoms with Crippen LogP contribution in [0.25, 0.3) is 0 Å². The van der Waals surface area contributed by atoms with Crippen LogP contribution in [0.3, 0.4) is 0 Å². The lowest BCUT2D eigenvalue weighted by Crippen LogP contribution is -2.61. The third kappa shape index (κ3) is 2.67. The highest BCUT2D eigenvalue weighted by Gasteiger charge is 2.42. The summed E-state index contributed by atoms with van der Waals surface area (Å²) in [6, 6.07) is 0.443. The Morgan fingerprint density at radius 3 is 2.79 bits per heavy atom. The van der Waals surface area contributed by atoms with Crippen molar-refractivity contribution in [2.24, 2.45) is 0 Å². The minimum Gasteiger partial charge on any atom is -0.395 e. The van der Waals surface area contributed by atoms with E-state index in [1.165, 1.54) is 0 Å². The summed E-state index contributed by atoms with van der Waals surface area (Å²) in [6.07, 6.45) is 1.31. The van der Waals surface area contributed by atoms with E-state index in [0.717, 1.165) is 13.0 Å². The standard InChI is InChI=1S/C10H21NO3/c1-4-14-9-5-8(10(9)13-3)11-7(2)6-12/h7-12H,4-6H2,1-3H3/t7-,8?,9?,10?/m1/s1. The molecule has 1 aliphatic carbocycles. The van der Waals surface area contributed by atoms with Gasteiger partial charge in [-0.25, -0.2) is 0 Å². The van der Waals surface area contributed by atoms with Crippen LogP contribution in [-0.2, 0) is 9.47 Å². The predicted octanol–water partition coefficient (Wildman–Crippen LogP) is 0.149. The number of methoxy groups -OCH3 is 1. The van der Waals surface area contributed by atoms with E-state index in [4.69, 9.17) is 14.6 Å². The van der Waals surface area contributed by atoms with E-state index >= 15 is 0 Å². The van der Waals surface area contributed by atoms with E-state index in [9.17, 15) is 0 Å². The number of hydrogen-bond donors (Lipinski definition) is 2. The quantitative estimate of drug-likeness (QED) is 0.645. The van der Waals surface area contributed by atoms with Gasteiger partial charge >= 0.3 is 0 Å². The van der Waals surface area contributed by atoms with Crippen LogP contribution in [0.2, 0.25) is 0 Å². The van der Waals surface area contributed by atoms with Gasteiger partial charge in [0.25, 0.3) is 0 Å². The van der Waals surface area contributed by atoms with Crippen molar-refractivity contribution in [1.29, 1.82) is 0 Å². The Morgan fingerprint density at radius 2 is 2.29 bits per heavy atom. The molecule has 4 atom stereocenters. The van der Waals surface area contributed by atoms with Crippen LogP contribution in [0.5, 0.6) is 0 Å². The molecule has 0 amide bonds. The van der Waals surface area contributed by atoms with E-state index in [1.54, 1.807) is 7.11 Å². The Kier molecular flexibility index (Phi) is 4.81. The third-order valence-electron chi connectivity index (χ3n) is 2.67. The topological polar surface area (TPSA) is 50.7 Å². The molecule has 0 heterocycles. The van der Waals surface area contributed by atoms with Gasteiger partial charge in [-0.15, -0.1) is 0 Å². The number of aliphatic hydroxyl groups excluding tert-OH is 1. The Bertz CT molecular complexity index is 165. The van der Waals surface area contributed by atoms with Gasteiger partial charge in [-0.2, -0.15) is 0 Å². The number of rotatable bonds is 6. The summed E-state index contributed by atoms with van der Waals surface area (Å²) >= 11 is 0. The zero-order chi connectivity index (χ0) is 10.6. The molecule has 2 N–H and O–H groups in total. The summed E-state index contributed by atoms with van der Waals surface area (Å²) in [5.41, 5.74) is 0. The second kappa shape index (κ2) is 5.66. The Morgan fingerprint density at radius 1 is 1.57 bits per heavy atom. The minimum atomic E-state index is 0.125. The van der Waals surface area contributed by atoms with Crippen molar-refractivity contribution < 1.29 is 14.6 Å². The van der Waals surface area contributed by atoms with Gasteiger partial charge in [-0.3, -0.25) is 0 Å². The van der Waals surface area contributed by atoms with E-state index in [0.29, 0.717) is 6.04 Å². The van der Waals surface area contributed by atoms with E-state index in [1.807, 2.05) is 13.8 Å². The van der Waals surface area contributed by atoms with Crippen LogP contribution in [0.4, 0.5) is 0 Å². The van der Waals surface area contributed by atoms with Gasteiger partial charge in [-0.05, 0) is 20.3 Å². The minimum absolute atomic E-state index is 0.125. The zero-order valence-corrected chi connectivity index (χ0v) is 9.19. The van der Waals surface area contributed by atoms with Crippen LogP contribution in [0, 0.1) is 0 Å². The van der Waals surface area contributed by atoms with E-state index in [2.05, 4.69) is 5.32 Å². The Labute approximate surface area is 85.6 Å². The normalized spacial score (nSPS) is 33.9. The zero-order valence-electron chi connectivity index (χ0n) is 9.19. The van der Waals surface area contributed by atoms with Gasteiger partial charge in [0, 0.05) is 25.8 Å². The Balaban J connectivity index is 2.29. The lowest BCUT2D eigenvalue weighted by atomic mass is 9.84. The van der Waals surface area contributed by atoms with Crippen molar-refractivity contribution >= 4 is 0 Å². The van der Waals surface area contributed by atoms with Crippen LogP contribution < -0.4 is 5.32 Å². The summed E-state index contributed by atoms with van der Waals surface area (Å²) in [7, 11) is 1.70. The fourth-order valence-corrected chi connectivity index (χ4v) is 1.86. The molecule has 0 aromatic rings. The highest BCUT2D eigenvalue weighted by Crippen LogP contribution is 2.27. The lowest BCUT2D eigenvalue weighted by molar-refractivity contribution is -0.133. The maximum Gasteiger partial charge on any atom is 0.0986 e. The molecular formula is C10H21NO3. The van der Waals surface area contributed by atoms with Gasteiger partial charge < -0.3 is 19.9 Å². The molecular weight excluding hydrogens is 182 g/mol. The van der Waals surface area contributed by atoms with Gasteiger partial charge in [0.2, 0.25) is 0 Å². The summed E-state index contributed by atoms with van der Waals surface area (Å²) in [4.78, 5) is 0. The van der Waals surface area contributed by atoms with E-state index < -0.39 is 0 Å². The fourth-order valence-electron chi connectivity index (χ4n) is 1.86. The molecule has 0 aromatic heterocycles. The van der Waals surface area contributed by atoms with Gasteiger partial charge in [0.1, 0.15) is 0 Å². The van der Waals surface area contributed by atoms with Crippen LogP contribution in [-0.4, -0.2) is 49.7 Å². The number of aliphatic hydroxyl groups is 1. The van der Waals surface area contributed by atoms with Crippen LogP contribution in [0.1, 0.15) is 20.3 Å². The number of nitrogens with one attached hydrogen (secondary N) is 1. The first-order valence-corrected chi connectivity index (χ1v) is 5.24. The number of ether oxygens (including phenoxy) is 2. The smallest absolute Gasteiger partial charge is 0.0986 e. The first-order chi connectivity index (χ1) is 6.72. The average Bonchev–Trinajstić information content (AvgIpc) is 2.16. The maximum absolute atomic E-state index is 8.90. The van der Waals surface area contributed by atoms with E-state index in [-0.39, 0.29) is 24.9 Å². The molecule has 0 radical (unpaired) electrons. The Hall–Kier alpha value is -0.160. The molecule has 14 heavy (non-hydrogen) atoms. The summed E-state index contributed by atoms with van der Waals surface area (Å²) in [5.74, 6) is 0. The number of hydrogen-bond acceptors (Lipinski definition) is 4. The lowest BCUT2D eigenvalue weighted by Gasteiger charge is -2.44. The first kappa shape index (κ1) is 11.9. The first-order valence-electron chi connectivity index (χ1n) is 5.24. The molecule has 1 aliphatic rings. The molecule has 84 valence electrons. The van der Waals surface area contributed by atoms with Crippen molar-refractivity contribution in [3.05, 3.63) is 0 Å². The molecule has 0 aliphatic heterocycles. The van der Waals surface area contributed by atoms with Crippen molar-refractivity contribution in [3.63, 3.8) is 0 Å². The molecule has 4 heteroatoms. The largest absolute Gasteiger partial charge is 0.395 e. The molecule has 0 aromatic carbocycles. The maximum atomic E-state index is 8.90. The fraction of sp³-hybridized carbons (Fsp3) is 1.00. The SMILES string of the molecule is CCOC1CC(N[C@H](C)CO)C1OC. The second-order valence-corrected chi connectivity index (χ2v) is 3.79. The second-order valence-electron chi connectivity index (χ2n) is 3.79. The van der Waals surface area contributed by atoms with Crippen molar-refractivity contribution in [1.82, 2.24) is 5.32 Å². The summed E-state index contributed by atoms with van der Waals surface area (Å²) in [6.45, 7) is 4.84. The predicted molar refractivity (Wildman–Crippen MR) is 54.3 cm³/mol. The molecule has 0 bridgehead atoms. The van der Waals surface area contributed by atoms with Gasteiger partial charge in [-0.1, -0.05) is 0 Å². The highest BCUT2D eigenvalue weighted by molar-refractivity contribution is 4.97. The van der Waals surface area contributed by atoms with Crippen molar-refractivity contribution in [2.45, 2.75) is 44.6 Å². The molecule has 1 rings (SSSR count). The van der Waals surface area contributed by atoms with Gasteiger partial charge in [0.05, 0.1) is 18.8 Å². The van der Waals surface area contributed by atoms with Crippen LogP contribution in [0.15, 0.2) is 0 Å². The highest BCUT2D eigenvalue weighted by atomic mass is 16.5. The van der Waals surface area contributed by atoms with Crippen molar-refractivity contribution in [2.75, 3.05) is 20.3 Å². The molecule has 0 spiro atoms. The van der Waals surface area contributed by atoms with Crippen LogP contribution >= 0.6 is 0 Å². The molecule has 1 saturated carbocycles. The average molecular weight is 203 g/mol. The monoisotopic (exact) mass is 203 g/mol. The molecule has 1 fully saturated rings. The van der Waals surface area contributed by atoms with Gasteiger partial charge in [0.15, 0.2) is 0 Å². The molecule has 3 unspecified atom stereocenters.